The number of ether oxygens (including phenoxy) is 2. The maximum atomic E-state index is 5.64. The van der Waals surface area contributed by atoms with Gasteiger partial charge in [-0.2, -0.15) is 0 Å². The number of nitrogens with zero attached hydrogens (tertiary/aromatic N) is 3. The fourth-order valence-electron chi connectivity index (χ4n) is 1.88. The Morgan fingerprint density at radius 2 is 2.00 bits per heavy atom. The van der Waals surface area contributed by atoms with E-state index in [2.05, 4.69) is 15.4 Å². The predicted molar refractivity (Wildman–Crippen MR) is 82.6 cm³/mol. The Bertz CT molecular complexity index is 689. The highest BCUT2D eigenvalue weighted by molar-refractivity contribution is 7.20. The first-order chi connectivity index (χ1) is 10.2. The van der Waals surface area contributed by atoms with Gasteiger partial charge in [-0.15, -0.1) is 5.10 Å². The van der Waals surface area contributed by atoms with Crippen molar-refractivity contribution in [1.82, 2.24) is 14.6 Å². The smallest absolute Gasteiger partial charge is 0.214 e. The molecule has 21 heavy (non-hydrogen) atoms. The molecular formula is C14H16N4O2S. The van der Waals surface area contributed by atoms with Crippen molar-refractivity contribution in [2.75, 3.05) is 25.6 Å². The Labute approximate surface area is 126 Å². The summed E-state index contributed by atoms with van der Waals surface area (Å²) in [5.41, 5.74) is 0.975. The molecule has 0 aliphatic rings. The second kappa shape index (κ2) is 6.01. The third kappa shape index (κ3) is 3.25. The average molecular weight is 304 g/mol. The van der Waals surface area contributed by atoms with Crippen LogP contribution in [0.1, 0.15) is 5.69 Å². The summed E-state index contributed by atoms with van der Waals surface area (Å²) in [6, 6.07) is 7.53. The van der Waals surface area contributed by atoms with Crippen LogP contribution in [0.4, 0.5) is 5.13 Å². The van der Waals surface area contributed by atoms with Gasteiger partial charge in [0.1, 0.15) is 18.1 Å². The molecule has 2 heterocycles. The Hall–Kier alpha value is -2.28. The van der Waals surface area contributed by atoms with E-state index in [0.29, 0.717) is 13.2 Å². The standard InChI is InChI=1S/C14H16N4O2S/c1-10-9-18-14(16-10)21-13(17-18)15-7-8-20-12-5-3-11(19-2)4-6-12/h3-6,9H,7-8H2,1-2H3,(H,15,17). The van der Waals surface area contributed by atoms with Crippen LogP contribution in [0.25, 0.3) is 4.96 Å². The topological polar surface area (TPSA) is 60.7 Å². The van der Waals surface area contributed by atoms with Crippen LogP contribution in [0.3, 0.4) is 0 Å². The van der Waals surface area contributed by atoms with Crippen LogP contribution in [-0.2, 0) is 0 Å². The van der Waals surface area contributed by atoms with Gasteiger partial charge in [-0.05, 0) is 31.2 Å². The van der Waals surface area contributed by atoms with Crippen LogP contribution in [0.15, 0.2) is 30.5 Å². The van der Waals surface area contributed by atoms with E-state index in [9.17, 15) is 0 Å². The van der Waals surface area contributed by atoms with Gasteiger partial charge in [-0.25, -0.2) is 9.50 Å². The molecule has 0 aliphatic carbocycles. The third-order valence-corrected chi connectivity index (χ3v) is 3.75. The molecular weight excluding hydrogens is 288 g/mol. The van der Waals surface area contributed by atoms with Gasteiger partial charge in [0.15, 0.2) is 0 Å². The first-order valence-corrected chi connectivity index (χ1v) is 7.40. The summed E-state index contributed by atoms with van der Waals surface area (Å²) in [6.07, 6.45) is 1.91. The summed E-state index contributed by atoms with van der Waals surface area (Å²) >= 11 is 1.53. The monoisotopic (exact) mass is 304 g/mol. The first kappa shape index (κ1) is 13.7. The molecule has 110 valence electrons. The lowest BCUT2D eigenvalue weighted by Gasteiger charge is -2.07. The number of rotatable bonds is 6. The summed E-state index contributed by atoms with van der Waals surface area (Å²) in [6.45, 7) is 3.20. The largest absolute Gasteiger partial charge is 0.497 e. The van der Waals surface area contributed by atoms with Crippen LogP contribution in [0.2, 0.25) is 0 Å². The first-order valence-electron chi connectivity index (χ1n) is 6.58. The Morgan fingerprint density at radius 3 is 2.71 bits per heavy atom. The zero-order valence-electron chi connectivity index (χ0n) is 11.9. The number of benzene rings is 1. The minimum absolute atomic E-state index is 0.563. The van der Waals surface area contributed by atoms with Crippen molar-refractivity contribution in [3.63, 3.8) is 0 Å². The minimum Gasteiger partial charge on any atom is -0.497 e. The maximum absolute atomic E-state index is 5.64. The van der Waals surface area contributed by atoms with Crippen molar-refractivity contribution in [2.24, 2.45) is 0 Å². The van der Waals surface area contributed by atoms with Crippen LogP contribution in [-0.4, -0.2) is 34.9 Å². The van der Waals surface area contributed by atoms with Gasteiger partial charge in [0.25, 0.3) is 0 Å². The fraction of sp³-hybridized carbons (Fsp3) is 0.286. The van der Waals surface area contributed by atoms with Crippen LogP contribution >= 0.6 is 11.3 Å². The molecule has 0 aliphatic heterocycles. The van der Waals surface area contributed by atoms with E-state index in [0.717, 1.165) is 27.3 Å². The molecule has 0 bridgehead atoms. The van der Waals surface area contributed by atoms with E-state index < -0.39 is 0 Å². The second-order valence-electron chi connectivity index (χ2n) is 4.47. The number of aryl methyl sites for hydroxylation is 1. The zero-order chi connectivity index (χ0) is 14.7. The normalized spacial score (nSPS) is 10.8. The molecule has 0 saturated carbocycles. The number of imidazole rings is 1. The molecule has 0 amide bonds. The predicted octanol–water partition coefficient (Wildman–Crippen LogP) is 2.60. The molecule has 0 saturated heterocycles. The lowest BCUT2D eigenvalue weighted by molar-refractivity contribution is 0.331. The van der Waals surface area contributed by atoms with Gasteiger partial charge in [0.2, 0.25) is 10.1 Å². The lowest BCUT2D eigenvalue weighted by Crippen LogP contribution is -2.11. The number of anilines is 1. The van der Waals surface area contributed by atoms with Crippen LogP contribution < -0.4 is 14.8 Å². The molecule has 1 aromatic carbocycles. The summed E-state index contributed by atoms with van der Waals surface area (Å²) in [4.78, 5) is 5.26. The fourth-order valence-corrected chi connectivity index (χ4v) is 2.73. The Morgan fingerprint density at radius 1 is 1.24 bits per heavy atom. The van der Waals surface area contributed by atoms with E-state index in [4.69, 9.17) is 9.47 Å². The van der Waals surface area contributed by atoms with Gasteiger partial charge < -0.3 is 14.8 Å². The van der Waals surface area contributed by atoms with E-state index in [1.54, 1.807) is 11.6 Å². The number of hydrogen-bond acceptors (Lipinski definition) is 6. The van der Waals surface area contributed by atoms with Crippen molar-refractivity contribution in [2.45, 2.75) is 6.92 Å². The Kier molecular flexibility index (Phi) is 3.92. The van der Waals surface area contributed by atoms with E-state index in [1.807, 2.05) is 37.4 Å². The minimum atomic E-state index is 0.563. The van der Waals surface area contributed by atoms with Gasteiger partial charge in [0, 0.05) is 0 Å². The zero-order valence-corrected chi connectivity index (χ0v) is 12.7. The summed E-state index contributed by atoms with van der Waals surface area (Å²) in [5.74, 6) is 1.64. The number of methoxy groups -OCH3 is 1. The van der Waals surface area contributed by atoms with Crippen LogP contribution in [0, 0.1) is 6.92 Å². The van der Waals surface area contributed by atoms with E-state index in [1.165, 1.54) is 11.3 Å². The number of nitrogens with one attached hydrogen (secondary N) is 1. The van der Waals surface area contributed by atoms with Crippen LogP contribution in [0.5, 0.6) is 11.5 Å². The SMILES string of the molecule is COc1ccc(OCCNc2nn3cc(C)nc3s2)cc1. The third-order valence-electron chi connectivity index (χ3n) is 2.87. The molecule has 0 fully saturated rings. The molecule has 3 aromatic rings. The molecule has 0 unspecified atom stereocenters. The number of hydrogen-bond donors (Lipinski definition) is 1. The van der Waals surface area contributed by atoms with Crippen molar-refractivity contribution < 1.29 is 9.47 Å². The lowest BCUT2D eigenvalue weighted by atomic mass is 10.3. The number of fused-ring (bicyclic) bond motifs is 1. The van der Waals surface area contributed by atoms with Gasteiger partial charge >= 0.3 is 0 Å². The van der Waals surface area contributed by atoms with Gasteiger partial charge in [-0.3, -0.25) is 0 Å². The van der Waals surface area contributed by atoms with E-state index in [-0.39, 0.29) is 0 Å². The summed E-state index contributed by atoms with van der Waals surface area (Å²) in [7, 11) is 1.64. The second-order valence-corrected chi connectivity index (χ2v) is 5.42. The summed E-state index contributed by atoms with van der Waals surface area (Å²) in [5, 5.41) is 8.46. The highest BCUT2D eigenvalue weighted by Crippen LogP contribution is 2.19. The molecule has 6 nitrogen and oxygen atoms in total. The quantitative estimate of drug-likeness (QED) is 0.709. The maximum Gasteiger partial charge on any atom is 0.214 e. The van der Waals surface area contributed by atoms with Gasteiger partial charge in [-0.1, -0.05) is 11.3 Å². The van der Waals surface area contributed by atoms with Crippen molar-refractivity contribution in [1.29, 1.82) is 0 Å². The average Bonchev–Trinajstić information content (AvgIpc) is 3.01. The van der Waals surface area contributed by atoms with Gasteiger partial charge in [0.05, 0.1) is 25.5 Å². The molecule has 1 N–H and O–H groups in total. The van der Waals surface area contributed by atoms with Crippen molar-refractivity contribution >= 4 is 21.4 Å². The molecule has 2 aromatic heterocycles. The highest BCUT2D eigenvalue weighted by Gasteiger charge is 2.05. The van der Waals surface area contributed by atoms with Crippen molar-refractivity contribution in [3.8, 4) is 11.5 Å². The van der Waals surface area contributed by atoms with Crippen molar-refractivity contribution in [3.05, 3.63) is 36.2 Å². The molecule has 0 radical (unpaired) electrons. The Balaban J connectivity index is 1.47. The molecule has 0 atom stereocenters. The molecule has 0 spiro atoms. The number of aromatic nitrogens is 3. The molecule has 3 rings (SSSR count). The molecule has 7 heteroatoms. The van der Waals surface area contributed by atoms with E-state index >= 15 is 0 Å². The highest BCUT2D eigenvalue weighted by atomic mass is 32.1. The summed E-state index contributed by atoms with van der Waals surface area (Å²) < 4.78 is 12.5.